The van der Waals surface area contributed by atoms with Crippen molar-refractivity contribution in [1.82, 2.24) is 10.6 Å². The first-order valence-electron chi connectivity index (χ1n) is 5.73. The molecule has 0 aromatic carbocycles. The summed E-state index contributed by atoms with van der Waals surface area (Å²) in [7, 11) is 0. The molecule has 0 radical (unpaired) electrons. The predicted octanol–water partition coefficient (Wildman–Crippen LogP) is 0.574. The molecule has 0 aliphatic carbocycles. The first kappa shape index (κ1) is 13.8. The second-order valence-corrected chi connectivity index (χ2v) is 4.88. The molecule has 3 unspecified atom stereocenters. The standard InChI is InChI=1S/C11H20N2O4/c1-7(9(14)15)8(2)12-10(16)13-11(3)4-5-17-6-11/h7-8H,4-6H2,1-3H3,(H,14,15)(H2,12,13,16). The Morgan fingerprint density at radius 2 is 2.06 bits per heavy atom. The minimum atomic E-state index is -0.923. The Hall–Kier alpha value is -1.30. The molecule has 1 heterocycles. The number of urea groups is 1. The van der Waals surface area contributed by atoms with Crippen LogP contribution < -0.4 is 10.6 Å². The summed E-state index contributed by atoms with van der Waals surface area (Å²) in [6.45, 7) is 6.27. The molecule has 0 aromatic rings. The maximum Gasteiger partial charge on any atom is 0.315 e. The molecule has 6 heteroatoms. The van der Waals surface area contributed by atoms with Crippen molar-refractivity contribution < 1.29 is 19.4 Å². The van der Waals surface area contributed by atoms with Gasteiger partial charge in [0, 0.05) is 12.6 Å². The molecule has 0 saturated carbocycles. The largest absolute Gasteiger partial charge is 0.481 e. The van der Waals surface area contributed by atoms with Crippen LogP contribution >= 0.6 is 0 Å². The van der Waals surface area contributed by atoms with E-state index in [0.717, 1.165) is 6.42 Å². The number of rotatable bonds is 4. The van der Waals surface area contributed by atoms with Gasteiger partial charge in [-0.25, -0.2) is 4.79 Å². The van der Waals surface area contributed by atoms with Crippen LogP contribution in [0.2, 0.25) is 0 Å². The second kappa shape index (κ2) is 5.35. The lowest BCUT2D eigenvalue weighted by molar-refractivity contribution is -0.141. The molecule has 1 aliphatic heterocycles. The number of ether oxygens (including phenoxy) is 1. The lowest BCUT2D eigenvalue weighted by atomic mass is 10.0. The van der Waals surface area contributed by atoms with Gasteiger partial charge in [0.15, 0.2) is 0 Å². The van der Waals surface area contributed by atoms with E-state index < -0.39 is 17.9 Å². The summed E-state index contributed by atoms with van der Waals surface area (Å²) in [5.41, 5.74) is -0.351. The van der Waals surface area contributed by atoms with Gasteiger partial charge in [-0.3, -0.25) is 4.79 Å². The third kappa shape index (κ3) is 3.89. The number of carboxylic acid groups (broad SMARTS) is 1. The van der Waals surface area contributed by atoms with Gasteiger partial charge in [-0.1, -0.05) is 0 Å². The third-order valence-electron chi connectivity index (χ3n) is 3.13. The van der Waals surface area contributed by atoms with E-state index in [1.54, 1.807) is 13.8 Å². The van der Waals surface area contributed by atoms with E-state index in [0.29, 0.717) is 13.2 Å². The molecule has 3 N–H and O–H groups in total. The third-order valence-corrected chi connectivity index (χ3v) is 3.13. The lowest BCUT2D eigenvalue weighted by Crippen LogP contribution is -2.53. The maximum absolute atomic E-state index is 11.7. The van der Waals surface area contributed by atoms with E-state index in [9.17, 15) is 9.59 Å². The molecule has 1 fully saturated rings. The molecule has 1 rings (SSSR count). The van der Waals surface area contributed by atoms with Crippen LogP contribution in [0.25, 0.3) is 0 Å². The highest BCUT2D eigenvalue weighted by molar-refractivity contribution is 5.77. The quantitative estimate of drug-likeness (QED) is 0.674. The van der Waals surface area contributed by atoms with Crippen LogP contribution in [0.3, 0.4) is 0 Å². The zero-order valence-electron chi connectivity index (χ0n) is 10.4. The van der Waals surface area contributed by atoms with Crippen molar-refractivity contribution in [2.45, 2.75) is 38.8 Å². The highest BCUT2D eigenvalue weighted by Gasteiger charge is 2.32. The Labute approximate surface area is 101 Å². The number of nitrogens with one attached hydrogen (secondary N) is 2. The van der Waals surface area contributed by atoms with Crippen LogP contribution in [0.4, 0.5) is 4.79 Å². The van der Waals surface area contributed by atoms with Gasteiger partial charge < -0.3 is 20.5 Å². The van der Waals surface area contributed by atoms with E-state index in [2.05, 4.69) is 10.6 Å². The fourth-order valence-corrected chi connectivity index (χ4v) is 1.62. The van der Waals surface area contributed by atoms with E-state index in [1.807, 2.05) is 6.92 Å². The van der Waals surface area contributed by atoms with Crippen LogP contribution in [0.15, 0.2) is 0 Å². The van der Waals surface area contributed by atoms with Gasteiger partial charge in [0.05, 0.1) is 18.1 Å². The SMILES string of the molecule is CC(NC(=O)NC1(C)CCOC1)C(C)C(=O)O. The van der Waals surface area contributed by atoms with Crippen molar-refractivity contribution in [2.24, 2.45) is 5.92 Å². The van der Waals surface area contributed by atoms with Crippen LogP contribution in [0.5, 0.6) is 0 Å². The summed E-state index contributed by atoms with van der Waals surface area (Å²) >= 11 is 0. The first-order chi connectivity index (χ1) is 7.84. The van der Waals surface area contributed by atoms with E-state index >= 15 is 0 Å². The molecule has 0 bridgehead atoms. The summed E-state index contributed by atoms with van der Waals surface area (Å²) in [4.78, 5) is 22.4. The second-order valence-electron chi connectivity index (χ2n) is 4.88. The number of amides is 2. The van der Waals surface area contributed by atoms with Gasteiger partial charge in [0.2, 0.25) is 0 Å². The van der Waals surface area contributed by atoms with Crippen molar-refractivity contribution in [3.8, 4) is 0 Å². The van der Waals surface area contributed by atoms with Crippen molar-refractivity contribution in [3.05, 3.63) is 0 Å². The summed E-state index contributed by atoms with van der Waals surface area (Å²) in [5.74, 6) is -1.54. The smallest absolute Gasteiger partial charge is 0.315 e. The fourth-order valence-electron chi connectivity index (χ4n) is 1.62. The molecule has 1 aliphatic rings. The fraction of sp³-hybridized carbons (Fsp3) is 0.818. The van der Waals surface area contributed by atoms with E-state index in [-0.39, 0.29) is 11.6 Å². The molecule has 0 aromatic heterocycles. The van der Waals surface area contributed by atoms with Gasteiger partial charge in [-0.2, -0.15) is 0 Å². The van der Waals surface area contributed by atoms with Crippen molar-refractivity contribution in [2.75, 3.05) is 13.2 Å². The number of hydrogen-bond acceptors (Lipinski definition) is 3. The molecule has 3 atom stereocenters. The Morgan fingerprint density at radius 3 is 2.53 bits per heavy atom. The highest BCUT2D eigenvalue weighted by Crippen LogP contribution is 2.17. The lowest BCUT2D eigenvalue weighted by Gasteiger charge is -2.26. The topological polar surface area (TPSA) is 87.7 Å². The van der Waals surface area contributed by atoms with Crippen LogP contribution in [0.1, 0.15) is 27.2 Å². The Morgan fingerprint density at radius 1 is 1.41 bits per heavy atom. The highest BCUT2D eigenvalue weighted by atomic mass is 16.5. The summed E-state index contributed by atoms with van der Waals surface area (Å²) in [6, 6.07) is -0.767. The molecular weight excluding hydrogens is 224 g/mol. The molecule has 17 heavy (non-hydrogen) atoms. The Bertz CT molecular complexity index is 300. The summed E-state index contributed by atoms with van der Waals surface area (Å²) in [6.07, 6.45) is 0.767. The van der Waals surface area contributed by atoms with Crippen molar-refractivity contribution in [3.63, 3.8) is 0 Å². The Kier molecular flexibility index (Phi) is 4.34. The van der Waals surface area contributed by atoms with Crippen molar-refractivity contribution >= 4 is 12.0 Å². The number of carboxylic acids is 1. The van der Waals surface area contributed by atoms with E-state index in [4.69, 9.17) is 9.84 Å². The number of aliphatic carboxylic acids is 1. The monoisotopic (exact) mass is 244 g/mol. The average Bonchev–Trinajstić information content (AvgIpc) is 2.62. The Balaban J connectivity index is 2.41. The van der Waals surface area contributed by atoms with E-state index in [1.165, 1.54) is 0 Å². The molecule has 0 spiro atoms. The minimum absolute atomic E-state index is 0.349. The zero-order chi connectivity index (χ0) is 13.1. The molecule has 98 valence electrons. The first-order valence-corrected chi connectivity index (χ1v) is 5.73. The zero-order valence-corrected chi connectivity index (χ0v) is 10.4. The van der Waals surface area contributed by atoms with Crippen molar-refractivity contribution in [1.29, 1.82) is 0 Å². The van der Waals surface area contributed by atoms with Gasteiger partial charge in [-0.05, 0) is 27.2 Å². The van der Waals surface area contributed by atoms with Gasteiger partial charge in [-0.15, -0.1) is 0 Å². The van der Waals surface area contributed by atoms with Gasteiger partial charge in [0.25, 0.3) is 0 Å². The molecule has 2 amide bonds. The number of hydrogen-bond donors (Lipinski definition) is 3. The van der Waals surface area contributed by atoms with Gasteiger partial charge >= 0.3 is 12.0 Å². The molecule has 1 saturated heterocycles. The minimum Gasteiger partial charge on any atom is -0.481 e. The summed E-state index contributed by atoms with van der Waals surface area (Å²) < 4.78 is 5.22. The predicted molar refractivity (Wildman–Crippen MR) is 61.8 cm³/mol. The van der Waals surface area contributed by atoms with Gasteiger partial charge in [0.1, 0.15) is 0 Å². The van der Waals surface area contributed by atoms with Crippen LogP contribution in [-0.2, 0) is 9.53 Å². The average molecular weight is 244 g/mol. The molecular formula is C11H20N2O4. The maximum atomic E-state index is 11.7. The number of carbonyl (C=O) groups excluding carboxylic acids is 1. The number of carbonyl (C=O) groups is 2. The molecule has 6 nitrogen and oxygen atoms in total. The normalized spacial score (nSPS) is 27.2. The van der Waals surface area contributed by atoms with Crippen LogP contribution in [-0.4, -0.2) is 41.9 Å². The summed E-state index contributed by atoms with van der Waals surface area (Å²) in [5, 5.41) is 14.2. The van der Waals surface area contributed by atoms with Crippen LogP contribution in [0, 0.1) is 5.92 Å².